The summed E-state index contributed by atoms with van der Waals surface area (Å²) in [7, 11) is 4.84. The van der Waals surface area contributed by atoms with Crippen molar-refractivity contribution in [2.75, 3.05) is 41.0 Å². The lowest BCUT2D eigenvalue weighted by molar-refractivity contribution is -0.938. The minimum absolute atomic E-state index is 0.253. The van der Waals surface area contributed by atoms with Crippen LogP contribution >= 0.6 is 15.9 Å². The van der Waals surface area contributed by atoms with Gasteiger partial charge in [-0.2, -0.15) is 0 Å². The first-order valence-electron chi connectivity index (χ1n) is 14.7. The minimum Gasteiger partial charge on any atom is -0.494 e. The normalized spacial score (nSPS) is 11.7. The van der Waals surface area contributed by atoms with E-state index in [4.69, 9.17) is 19.2 Å². The first-order valence-corrected chi connectivity index (χ1v) is 15.5. The van der Waals surface area contributed by atoms with E-state index in [2.05, 4.69) is 61.8 Å². The second-order valence-corrected chi connectivity index (χ2v) is 12.2. The number of ether oxygens (including phenoxy) is 3. The van der Waals surface area contributed by atoms with Gasteiger partial charge in [-0.3, -0.25) is 4.98 Å². The summed E-state index contributed by atoms with van der Waals surface area (Å²) in [5.74, 6) is 2.02. The molecule has 4 aromatic rings. The summed E-state index contributed by atoms with van der Waals surface area (Å²) in [6, 6.07) is 12.8. The first kappa shape index (κ1) is 31.7. The van der Waals surface area contributed by atoms with Gasteiger partial charge < -0.3 is 28.4 Å². The highest BCUT2D eigenvalue weighted by Gasteiger charge is 2.25. The van der Waals surface area contributed by atoms with Gasteiger partial charge in [0.25, 0.3) is 0 Å². The number of rotatable bonds is 14. The van der Waals surface area contributed by atoms with E-state index < -0.39 is 0 Å². The zero-order chi connectivity index (χ0) is 30.4. The molecule has 226 valence electrons. The fourth-order valence-corrected chi connectivity index (χ4v) is 6.53. The Morgan fingerprint density at radius 3 is 2.07 bits per heavy atom. The van der Waals surface area contributed by atoms with E-state index in [0.717, 1.165) is 70.1 Å². The number of unbranched alkanes of at least 4 members (excludes halogenated alkanes) is 1. The number of methoxy groups -OCH3 is 3. The zero-order valence-electron chi connectivity index (χ0n) is 26.1. The molecule has 0 saturated heterocycles. The molecular weight excluding hydrogens is 594 g/mol. The third-order valence-electron chi connectivity index (χ3n) is 8.45. The van der Waals surface area contributed by atoms with Gasteiger partial charge in [-0.1, -0.05) is 29.3 Å². The Morgan fingerprint density at radius 1 is 0.857 bits per heavy atom. The van der Waals surface area contributed by atoms with Crippen LogP contribution in [0.25, 0.3) is 10.9 Å². The van der Waals surface area contributed by atoms with Gasteiger partial charge in [0, 0.05) is 29.2 Å². The van der Waals surface area contributed by atoms with Crippen molar-refractivity contribution in [2.45, 2.75) is 60.0 Å². The maximum Gasteiger partial charge on any atom is 0.203 e. The highest BCUT2D eigenvalue weighted by Crippen LogP contribution is 2.40. The van der Waals surface area contributed by atoms with Crippen molar-refractivity contribution in [3.63, 3.8) is 0 Å². The van der Waals surface area contributed by atoms with E-state index in [9.17, 15) is 5.11 Å². The van der Waals surface area contributed by atoms with E-state index in [1.807, 2.05) is 22.8 Å². The van der Waals surface area contributed by atoms with Crippen LogP contribution in [0.1, 0.15) is 54.6 Å². The number of halogens is 1. The topological polar surface area (TPSA) is 65.7 Å². The number of hydrogen-bond acceptors (Lipinski definition) is 5. The fourth-order valence-electron chi connectivity index (χ4n) is 6.20. The number of hydrogen-bond donors (Lipinski definition) is 1. The lowest BCUT2D eigenvalue weighted by atomic mass is 10.1. The monoisotopic (exact) mass is 638 g/mol. The summed E-state index contributed by atoms with van der Waals surface area (Å²) < 4.78 is 20.6. The van der Waals surface area contributed by atoms with Gasteiger partial charge in [-0.25, -0.2) is 0 Å². The molecule has 0 atom stereocenters. The van der Waals surface area contributed by atoms with Crippen LogP contribution in [-0.2, 0) is 19.5 Å². The van der Waals surface area contributed by atoms with E-state index in [1.54, 1.807) is 27.5 Å². The summed E-state index contributed by atoms with van der Waals surface area (Å²) in [5, 5.41) is 12.1. The van der Waals surface area contributed by atoms with Crippen LogP contribution in [0.5, 0.6) is 23.1 Å². The number of aryl methyl sites for hydroxylation is 2. The van der Waals surface area contributed by atoms with Crippen LogP contribution in [0.15, 0.2) is 47.1 Å². The number of benzene rings is 2. The summed E-state index contributed by atoms with van der Waals surface area (Å²) in [4.78, 5) is 4.71. The third kappa shape index (κ3) is 6.87. The second kappa shape index (κ2) is 13.8. The van der Waals surface area contributed by atoms with E-state index in [-0.39, 0.29) is 5.88 Å². The number of quaternary nitrogens is 1. The minimum atomic E-state index is 0.253. The molecule has 0 unspecified atom stereocenters. The molecule has 4 rings (SSSR count). The van der Waals surface area contributed by atoms with Gasteiger partial charge in [0.05, 0.1) is 57.6 Å². The van der Waals surface area contributed by atoms with Crippen LogP contribution in [-0.4, -0.2) is 60.1 Å². The maximum atomic E-state index is 11.4. The van der Waals surface area contributed by atoms with Crippen molar-refractivity contribution in [3.05, 3.63) is 75.0 Å². The molecular formula is C34H45BrN3O4+. The molecule has 8 heteroatoms. The van der Waals surface area contributed by atoms with Crippen molar-refractivity contribution in [2.24, 2.45) is 0 Å². The molecule has 0 spiro atoms. The van der Waals surface area contributed by atoms with Gasteiger partial charge in [0.1, 0.15) is 6.54 Å². The molecule has 0 amide bonds. The molecule has 0 aliphatic carbocycles. The zero-order valence-corrected chi connectivity index (χ0v) is 27.7. The summed E-state index contributed by atoms with van der Waals surface area (Å²) in [6.07, 6.45) is 4.34. The number of aromatic hydroxyl groups is 1. The molecule has 0 bridgehead atoms. The van der Waals surface area contributed by atoms with Gasteiger partial charge in [-0.15, -0.1) is 0 Å². The highest BCUT2D eigenvalue weighted by atomic mass is 79.9. The average molecular weight is 640 g/mol. The Hall–Kier alpha value is -3.23. The van der Waals surface area contributed by atoms with Crippen molar-refractivity contribution in [1.29, 1.82) is 0 Å². The second-order valence-electron chi connectivity index (χ2n) is 11.2. The number of aromatic nitrogens is 2. The van der Waals surface area contributed by atoms with Crippen LogP contribution in [0, 0.1) is 13.8 Å². The number of pyridine rings is 1. The van der Waals surface area contributed by atoms with E-state index in [0.29, 0.717) is 30.2 Å². The third-order valence-corrected chi connectivity index (χ3v) is 8.89. The predicted octanol–water partition coefficient (Wildman–Crippen LogP) is 7.57. The van der Waals surface area contributed by atoms with Crippen LogP contribution < -0.4 is 14.2 Å². The molecule has 7 nitrogen and oxygen atoms in total. The molecule has 0 aliphatic rings. The van der Waals surface area contributed by atoms with Crippen molar-refractivity contribution in [3.8, 4) is 23.1 Å². The molecule has 42 heavy (non-hydrogen) atoms. The van der Waals surface area contributed by atoms with Crippen molar-refractivity contribution >= 4 is 26.8 Å². The van der Waals surface area contributed by atoms with E-state index in [1.165, 1.54) is 16.7 Å². The molecule has 2 aromatic carbocycles. The molecule has 1 N–H and O–H groups in total. The number of nitrogens with zero attached hydrogens (tertiary/aromatic N) is 3. The lowest BCUT2D eigenvalue weighted by Gasteiger charge is -2.37. The first-order chi connectivity index (χ1) is 20.2. The van der Waals surface area contributed by atoms with Gasteiger partial charge in [0.2, 0.25) is 11.6 Å². The van der Waals surface area contributed by atoms with Crippen molar-refractivity contribution < 1.29 is 23.8 Å². The Labute approximate surface area is 258 Å². The Bertz CT molecular complexity index is 1480. The standard InChI is InChI=1S/C34H44BrN3O4/c1-8-38(9-2,22-26-15-23(3)14-24(4)16-26)13-11-10-12-37-29(32-28(34(37)39)20-27(35)21-36-32)17-25-18-30(40-5)33(42-7)31(19-25)41-6/h14-16,18-21H,8-13,17,22H2,1-7H3/p+1. The predicted molar refractivity (Wildman–Crippen MR) is 173 cm³/mol. The average Bonchev–Trinajstić information content (AvgIpc) is 3.22. The van der Waals surface area contributed by atoms with Crippen LogP contribution in [0.2, 0.25) is 0 Å². The largest absolute Gasteiger partial charge is 0.494 e. The molecule has 0 saturated carbocycles. The highest BCUT2D eigenvalue weighted by molar-refractivity contribution is 9.10. The smallest absolute Gasteiger partial charge is 0.203 e. The van der Waals surface area contributed by atoms with Gasteiger partial charge in [0.15, 0.2) is 11.5 Å². The molecule has 0 radical (unpaired) electrons. The number of fused-ring (bicyclic) bond motifs is 1. The summed E-state index contributed by atoms with van der Waals surface area (Å²) in [6.45, 7) is 14.0. The Balaban J connectivity index is 1.59. The Kier molecular flexibility index (Phi) is 10.4. The molecule has 2 heterocycles. The quantitative estimate of drug-likeness (QED) is 0.114. The van der Waals surface area contributed by atoms with Crippen molar-refractivity contribution in [1.82, 2.24) is 9.55 Å². The molecule has 0 aliphatic heterocycles. The van der Waals surface area contributed by atoms with Crippen LogP contribution in [0.3, 0.4) is 0 Å². The molecule has 2 aromatic heterocycles. The Morgan fingerprint density at radius 2 is 1.50 bits per heavy atom. The van der Waals surface area contributed by atoms with Gasteiger partial charge in [-0.05, 0) is 80.2 Å². The fraction of sp³-hybridized carbons (Fsp3) is 0.441. The van der Waals surface area contributed by atoms with E-state index >= 15 is 0 Å². The summed E-state index contributed by atoms with van der Waals surface area (Å²) >= 11 is 3.53. The van der Waals surface area contributed by atoms with Gasteiger partial charge >= 0.3 is 0 Å². The maximum absolute atomic E-state index is 11.4. The SMILES string of the molecule is CC[N+](CC)(CCCCn1c(O)c2cc(Br)cnc2c1Cc1cc(OC)c(OC)c(OC)c1)Cc1cc(C)cc(C)c1. The summed E-state index contributed by atoms with van der Waals surface area (Å²) in [5.41, 5.74) is 6.80. The van der Waals surface area contributed by atoms with Crippen LogP contribution in [0.4, 0.5) is 0 Å². The molecule has 0 fully saturated rings. The lowest BCUT2D eigenvalue weighted by Crippen LogP contribution is -2.47.